The first-order valence-corrected chi connectivity index (χ1v) is 8.25. The van der Waals surface area contributed by atoms with Crippen molar-refractivity contribution in [2.24, 2.45) is 5.92 Å². The van der Waals surface area contributed by atoms with Crippen LogP contribution in [0.4, 0.5) is 0 Å². The largest absolute Gasteiger partial charge is 0.316 e. The van der Waals surface area contributed by atoms with Gasteiger partial charge in [-0.05, 0) is 49.9 Å². The predicted molar refractivity (Wildman–Crippen MR) is 76.5 cm³/mol. The minimum absolute atomic E-state index is 0.402. The standard InChI is InChI=1S/C14H22N2O2S/c1-11-13(10-15-2)7-4-8-14(11)19(17,18)16-9-12-5-3-6-12/h4,7-8,12,15-16H,3,5-6,9-10H2,1-2H3. The zero-order valence-corrected chi connectivity index (χ0v) is 12.4. The van der Waals surface area contributed by atoms with Crippen LogP contribution in [-0.4, -0.2) is 22.0 Å². The summed E-state index contributed by atoms with van der Waals surface area (Å²) < 4.78 is 27.4. The number of rotatable bonds is 6. The first-order chi connectivity index (χ1) is 9.04. The Morgan fingerprint density at radius 2 is 2.05 bits per heavy atom. The molecule has 0 saturated heterocycles. The van der Waals surface area contributed by atoms with E-state index in [-0.39, 0.29) is 0 Å². The first-order valence-electron chi connectivity index (χ1n) is 6.77. The van der Waals surface area contributed by atoms with Gasteiger partial charge < -0.3 is 5.32 Å². The minimum atomic E-state index is -3.38. The average molecular weight is 282 g/mol. The van der Waals surface area contributed by atoms with Crippen molar-refractivity contribution in [3.8, 4) is 0 Å². The molecule has 0 atom stereocenters. The molecular formula is C14H22N2O2S. The van der Waals surface area contributed by atoms with E-state index in [1.54, 1.807) is 12.1 Å². The van der Waals surface area contributed by atoms with E-state index in [0.717, 1.165) is 24.0 Å². The second kappa shape index (κ2) is 6.03. The van der Waals surface area contributed by atoms with Crippen molar-refractivity contribution in [1.29, 1.82) is 0 Å². The van der Waals surface area contributed by atoms with Crippen molar-refractivity contribution in [2.75, 3.05) is 13.6 Å². The van der Waals surface area contributed by atoms with Crippen molar-refractivity contribution >= 4 is 10.0 Å². The molecule has 0 spiro atoms. The summed E-state index contributed by atoms with van der Waals surface area (Å²) in [7, 11) is -1.52. The Kier molecular flexibility index (Phi) is 4.60. The third-order valence-corrected chi connectivity index (χ3v) is 5.41. The van der Waals surface area contributed by atoms with Gasteiger partial charge in [0.2, 0.25) is 10.0 Å². The summed E-state index contributed by atoms with van der Waals surface area (Å²) in [5, 5.41) is 3.06. The van der Waals surface area contributed by atoms with Gasteiger partial charge in [-0.1, -0.05) is 18.6 Å². The van der Waals surface area contributed by atoms with E-state index >= 15 is 0 Å². The fourth-order valence-electron chi connectivity index (χ4n) is 2.34. The molecule has 2 N–H and O–H groups in total. The molecule has 0 unspecified atom stereocenters. The highest BCUT2D eigenvalue weighted by molar-refractivity contribution is 7.89. The van der Waals surface area contributed by atoms with Gasteiger partial charge in [0.25, 0.3) is 0 Å². The maximum absolute atomic E-state index is 12.3. The summed E-state index contributed by atoms with van der Waals surface area (Å²) in [4.78, 5) is 0.402. The van der Waals surface area contributed by atoms with E-state index in [1.807, 2.05) is 20.0 Å². The zero-order chi connectivity index (χ0) is 13.9. The average Bonchev–Trinajstić information content (AvgIpc) is 2.29. The molecule has 1 aromatic carbocycles. The fraction of sp³-hybridized carbons (Fsp3) is 0.571. The van der Waals surface area contributed by atoms with Crippen LogP contribution in [0, 0.1) is 12.8 Å². The van der Waals surface area contributed by atoms with E-state index < -0.39 is 10.0 Å². The highest BCUT2D eigenvalue weighted by Gasteiger charge is 2.22. The Hall–Kier alpha value is -0.910. The van der Waals surface area contributed by atoms with Gasteiger partial charge in [-0.25, -0.2) is 13.1 Å². The zero-order valence-electron chi connectivity index (χ0n) is 11.6. The normalized spacial score (nSPS) is 16.3. The summed E-state index contributed by atoms with van der Waals surface area (Å²) in [5.41, 5.74) is 1.85. The van der Waals surface area contributed by atoms with E-state index in [0.29, 0.717) is 23.9 Å². The maximum atomic E-state index is 12.3. The van der Waals surface area contributed by atoms with Gasteiger partial charge in [0, 0.05) is 13.1 Å². The Morgan fingerprint density at radius 3 is 2.63 bits per heavy atom. The van der Waals surface area contributed by atoms with E-state index in [1.165, 1.54) is 6.42 Å². The molecule has 1 saturated carbocycles. The summed E-state index contributed by atoms with van der Waals surface area (Å²) in [6.45, 7) is 3.11. The quantitative estimate of drug-likeness (QED) is 0.836. The van der Waals surface area contributed by atoms with Gasteiger partial charge in [0.05, 0.1) is 4.90 Å². The van der Waals surface area contributed by atoms with Crippen LogP contribution in [0.15, 0.2) is 23.1 Å². The number of sulfonamides is 1. The summed E-state index contributed by atoms with van der Waals surface area (Å²) in [5.74, 6) is 0.524. The van der Waals surface area contributed by atoms with Crippen molar-refractivity contribution in [3.63, 3.8) is 0 Å². The second-order valence-corrected chi connectivity index (χ2v) is 6.95. The van der Waals surface area contributed by atoms with Crippen molar-refractivity contribution in [1.82, 2.24) is 10.0 Å². The Bertz CT molecular complexity index is 536. The van der Waals surface area contributed by atoms with Gasteiger partial charge >= 0.3 is 0 Å². The molecule has 1 aliphatic carbocycles. The van der Waals surface area contributed by atoms with Crippen LogP contribution in [0.1, 0.15) is 30.4 Å². The first kappa shape index (κ1) is 14.5. The van der Waals surface area contributed by atoms with Gasteiger partial charge in [0.15, 0.2) is 0 Å². The SMILES string of the molecule is CNCc1cccc(S(=O)(=O)NCC2CCC2)c1C. The smallest absolute Gasteiger partial charge is 0.240 e. The highest BCUT2D eigenvalue weighted by atomic mass is 32.2. The van der Waals surface area contributed by atoms with Crippen LogP contribution in [0.5, 0.6) is 0 Å². The molecule has 2 rings (SSSR count). The van der Waals surface area contributed by atoms with Crippen LogP contribution in [-0.2, 0) is 16.6 Å². The summed E-state index contributed by atoms with van der Waals surface area (Å²) >= 11 is 0. The van der Waals surface area contributed by atoms with Crippen molar-refractivity contribution in [2.45, 2.75) is 37.6 Å². The van der Waals surface area contributed by atoms with E-state index in [2.05, 4.69) is 10.0 Å². The fourth-order valence-corrected chi connectivity index (χ4v) is 3.74. The third-order valence-electron chi connectivity index (χ3n) is 3.84. The highest BCUT2D eigenvalue weighted by Crippen LogP contribution is 2.26. The monoisotopic (exact) mass is 282 g/mol. The van der Waals surface area contributed by atoms with E-state index in [4.69, 9.17) is 0 Å². The molecule has 0 bridgehead atoms. The van der Waals surface area contributed by atoms with Gasteiger partial charge in [-0.3, -0.25) is 0 Å². The topological polar surface area (TPSA) is 58.2 Å². The van der Waals surface area contributed by atoms with Gasteiger partial charge in [-0.15, -0.1) is 0 Å². The van der Waals surface area contributed by atoms with Crippen molar-refractivity contribution in [3.05, 3.63) is 29.3 Å². The number of hydrogen-bond acceptors (Lipinski definition) is 3. The Labute approximate surface area is 115 Å². The molecule has 0 aromatic heterocycles. The second-order valence-electron chi connectivity index (χ2n) is 5.22. The number of hydrogen-bond donors (Lipinski definition) is 2. The van der Waals surface area contributed by atoms with Crippen LogP contribution < -0.4 is 10.0 Å². The Balaban J connectivity index is 2.16. The summed E-state index contributed by atoms with van der Waals surface area (Å²) in [6, 6.07) is 5.44. The molecule has 1 aliphatic rings. The van der Waals surface area contributed by atoms with Crippen LogP contribution in [0.2, 0.25) is 0 Å². The lowest BCUT2D eigenvalue weighted by Gasteiger charge is -2.25. The molecule has 0 radical (unpaired) electrons. The van der Waals surface area contributed by atoms with Crippen LogP contribution in [0.25, 0.3) is 0 Å². The van der Waals surface area contributed by atoms with Crippen LogP contribution >= 0.6 is 0 Å². The van der Waals surface area contributed by atoms with Crippen molar-refractivity contribution < 1.29 is 8.42 Å². The Morgan fingerprint density at radius 1 is 1.32 bits per heavy atom. The molecule has 1 aromatic rings. The predicted octanol–water partition coefficient (Wildman–Crippen LogP) is 1.79. The van der Waals surface area contributed by atoms with Gasteiger partial charge in [-0.2, -0.15) is 0 Å². The molecule has 0 aliphatic heterocycles. The number of nitrogens with one attached hydrogen (secondary N) is 2. The maximum Gasteiger partial charge on any atom is 0.240 e. The molecule has 106 valence electrons. The van der Waals surface area contributed by atoms with E-state index in [9.17, 15) is 8.42 Å². The third kappa shape index (κ3) is 3.35. The molecule has 5 heteroatoms. The lowest BCUT2D eigenvalue weighted by molar-refractivity contribution is 0.316. The minimum Gasteiger partial charge on any atom is -0.316 e. The molecular weight excluding hydrogens is 260 g/mol. The molecule has 0 amide bonds. The molecule has 4 nitrogen and oxygen atoms in total. The summed E-state index contributed by atoms with van der Waals surface area (Å²) in [6.07, 6.45) is 3.51. The lowest BCUT2D eigenvalue weighted by atomic mass is 9.86. The number of benzene rings is 1. The molecule has 1 fully saturated rings. The van der Waals surface area contributed by atoms with Crippen LogP contribution in [0.3, 0.4) is 0 Å². The lowest BCUT2D eigenvalue weighted by Crippen LogP contribution is -2.32. The molecule has 19 heavy (non-hydrogen) atoms. The molecule has 0 heterocycles. The van der Waals surface area contributed by atoms with Gasteiger partial charge in [0.1, 0.15) is 0 Å².